The molecule has 4 aromatic rings. The van der Waals surface area contributed by atoms with Gasteiger partial charge < -0.3 is 9.67 Å². The Morgan fingerprint density at radius 2 is 1.96 bits per heavy atom. The van der Waals surface area contributed by atoms with Gasteiger partial charge in [-0.25, -0.2) is 23.2 Å². The van der Waals surface area contributed by atoms with E-state index in [-0.39, 0.29) is 11.3 Å². The van der Waals surface area contributed by atoms with E-state index in [4.69, 9.17) is 0 Å². The van der Waals surface area contributed by atoms with Crippen LogP contribution in [-0.2, 0) is 13.0 Å². The van der Waals surface area contributed by atoms with Crippen LogP contribution in [0.1, 0.15) is 28.8 Å². The number of nitrogens with zero attached hydrogens (tertiary/aromatic N) is 4. The number of carboxylic acid groups (broad SMARTS) is 1. The first kappa shape index (κ1) is 17.8. The Kier molecular flexibility index (Phi) is 4.38. The fourth-order valence-corrected chi connectivity index (χ4v) is 3.29. The lowest BCUT2D eigenvalue weighted by Crippen LogP contribution is -2.09. The number of rotatable bonds is 5. The smallest absolute Gasteiger partial charge is 0.335 e. The average Bonchev–Trinajstić information content (AvgIpc) is 3.27. The summed E-state index contributed by atoms with van der Waals surface area (Å²) in [6.07, 6.45) is 1.84. The Morgan fingerprint density at radius 3 is 2.71 bits per heavy atom. The Hall–Kier alpha value is -3.55. The second-order valence-corrected chi connectivity index (χ2v) is 6.29. The van der Waals surface area contributed by atoms with Crippen molar-refractivity contribution in [3.63, 3.8) is 0 Å². The highest BCUT2D eigenvalue weighted by Gasteiger charge is 2.16. The van der Waals surface area contributed by atoms with Gasteiger partial charge in [0.15, 0.2) is 0 Å². The number of hydrogen-bond acceptors (Lipinski definition) is 3. The molecule has 0 atom stereocenters. The van der Waals surface area contributed by atoms with Gasteiger partial charge >= 0.3 is 5.97 Å². The predicted molar refractivity (Wildman–Crippen MR) is 98.7 cm³/mol. The maximum Gasteiger partial charge on any atom is 0.335 e. The second kappa shape index (κ2) is 6.88. The number of carbonyl (C=O) groups is 1. The fraction of sp³-hybridized carbons (Fsp3) is 0.150. The second-order valence-electron chi connectivity index (χ2n) is 6.29. The minimum atomic E-state index is -1.02. The molecule has 4 rings (SSSR count). The largest absolute Gasteiger partial charge is 0.478 e. The van der Waals surface area contributed by atoms with Crippen LogP contribution >= 0.6 is 0 Å². The minimum Gasteiger partial charge on any atom is -0.478 e. The van der Waals surface area contributed by atoms with Gasteiger partial charge in [-0.1, -0.05) is 0 Å². The van der Waals surface area contributed by atoms with E-state index in [2.05, 4.69) is 10.1 Å². The normalized spacial score (nSPS) is 11.2. The molecule has 2 heterocycles. The van der Waals surface area contributed by atoms with E-state index < -0.39 is 17.6 Å². The molecule has 2 aromatic carbocycles. The van der Waals surface area contributed by atoms with E-state index in [1.165, 1.54) is 23.0 Å². The quantitative estimate of drug-likeness (QED) is 0.570. The number of aryl methyl sites for hydroxylation is 1. The molecule has 1 N–H and O–H groups in total. The van der Waals surface area contributed by atoms with E-state index in [0.29, 0.717) is 30.0 Å². The van der Waals surface area contributed by atoms with Crippen LogP contribution in [0.4, 0.5) is 8.78 Å². The van der Waals surface area contributed by atoms with Crippen LogP contribution in [0.25, 0.3) is 16.7 Å². The number of aromatic nitrogens is 4. The zero-order valence-electron chi connectivity index (χ0n) is 14.9. The summed E-state index contributed by atoms with van der Waals surface area (Å²) in [5, 5.41) is 13.3. The molecule has 0 amide bonds. The van der Waals surface area contributed by atoms with Crippen LogP contribution < -0.4 is 0 Å². The molecule has 2 aromatic heterocycles. The number of fused-ring (bicyclic) bond motifs is 1. The van der Waals surface area contributed by atoms with Crippen LogP contribution in [0, 0.1) is 11.6 Å². The molecule has 8 heteroatoms. The highest BCUT2D eigenvalue weighted by Crippen LogP contribution is 2.22. The Labute approximate surface area is 158 Å². The maximum absolute atomic E-state index is 14.2. The van der Waals surface area contributed by atoms with E-state index in [1.807, 2.05) is 11.5 Å². The number of aromatic carboxylic acids is 1. The van der Waals surface area contributed by atoms with Gasteiger partial charge in [0.2, 0.25) is 0 Å². The Balaban J connectivity index is 1.78. The van der Waals surface area contributed by atoms with Crippen LogP contribution in [0.2, 0.25) is 0 Å². The highest BCUT2D eigenvalue weighted by atomic mass is 19.1. The topological polar surface area (TPSA) is 72.9 Å². The number of halogens is 2. The lowest BCUT2D eigenvalue weighted by Gasteiger charge is -2.10. The summed E-state index contributed by atoms with van der Waals surface area (Å²) in [5.74, 6) is -1.48. The molecule has 28 heavy (non-hydrogen) atoms. The molecule has 142 valence electrons. The summed E-state index contributed by atoms with van der Waals surface area (Å²) in [4.78, 5) is 15.8. The third-order valence-electron chi connectivity index (χ3n) is 4.59. The molecule has 0 radical (unpaired) electrons. The van der Waals surface area contributed by atoms with Crippen molar-refractivity contribution in [1.82, 2.24) is 19.3 Å². The first-order valence-electron chi connectivity index (χ1n) is 8.68. The number of carboxylic acids is 1. The van der Waals surface area contributed by atoms with Gasteiger partial charge in [-0.05, 0) is 43.3 Å². The number of benzene rings is 2. The zero-order chi connectivity index (χ0) is 19.8. The van der Waals surface area contributed by atoms with Gasteiger partial charge in [0, 0.05) is 25.2 Å². The van der Waals surface area contributed by atoms with Crippen LogP contribution in [-0.4, -0.2) is 30.4 Å². The van der Waals surface area contributed by atoms with Gasteiger partial charge in [-0.3, -0.25) is 0 Å². The Morgan fingerprint density at radius 1 is 1.14 bits per heavy atom. The molecule has 0 aliphatic carbocycles. The summed E-state index contributed by atoms with van der Waals surface area (Å²) in [7, 11) is 0. The van der Waals surface area contributed by atoms with Crippen LogP contribution in [0.3, 0.4) is 0 Å². The van der Waals surface area contributed by atoms with Crippen molar-refractivity contribution in [2.75, 3.05) is 0 Å². The molecule has 0 aliphatic heterocycles. The molecule has 0 fully saturated rings. The van der Waals surface area contributed by atoms with Crippen molar-refractivity contribution in [3.8, 4) is 5.69 Å². The highest BCUT2D eigenvalue weighted by molar-refractivity contribution is 5.92. The molecule has 6 nitrogen and oxygen atoms in total. The maximum atomic E-state index is 14.2. The first-order chi connectivity index (χ1) is 13.5. The van der Waals surface area contributed by atoms with E-state index in [1.54, 1.807) is 12.1 Å². The lowest BCUT2D eigenvalue weighted by atomic mass is 10.2. The lowest BCUT2D eigenvalue weighted by molar-refractivity contribution is 0.0697. The molecular formula is C20H16F2N4O2. The van der Waals surface area contributed by atoms with Gasteiger partial charge in [-0.15, -0.1) is 0 Å². The standard InChI is InChI=1S/C20H16F2N4O2/c1-2-25-17-6-3-12(20(27)28)9-16(17)24-19(25)11-14-7-8-23-26(14)18-10-13(21)4-5-15(18)22/h3-10H,2,11H2,1H3,(H,27,28). The first-order valence-corrected chi connectivity index (χ1v) is 8.68. The van der Waals surface area contributed by atoms with Crippen LogP contribution in [0.15, 0.2) is 48.7 Å². The van der Waals surface area contributed by atoms with Gasteiger partial charge in [-0.2, -0.15) is 5.10 Å². The summed E-state index contributed by atoms with van der Waals surface area (Å²) >= 11 is 0. The van der Waals surface area contributed by atoms with Crippen molar-refractivity contribution in [1.29, 1.82) is 0 Å². The van der Waals surface area contributed by atoms with Crippen molar-refractivity contribution in [3.05, 3.63) is 77.4 Å². The van der Waals surface area contributed by atoms with Crippen molar-refractivity contribution >= 4 is 17.0 Å². The molecular weight excluding hydrogens is 366 g/mol. The van der Waals surface area contributed by atoms with Crippen LogP contribution in [0.5, 0.6) is 0 Å². The van der Waals surface area contributed by atoms with Gasteiger partial charge in [0.1, 0.15) is 23.1 Å². The average molecular weight is 382 g/mol. The molecule has 0 unspecified atom stereocenters. The minimum absolute atomic E-state index is 0.0207. The van der Waals surface area contributed by atoms with Gasteiger partial charge in [0.25, 0.3) is 0 Å². The molecule has 0 aliphatic rings. The summed E-state index contributed by atoms with van der Waals surface area (Å²) in [5.41, 5.74) is 2.19. The zero-order valence-corrected chi connectivity index (χ0v) is 14.9. The van der Waals surface area contributed by atoms with E-state index in [0.717, 1.165) is 23.7 Å². The Bertz CT molecular complexity index is 1200. The van der Waals surface area contributed by atoms with E-state index >= 15 is 0 Å². The molecule has 0 saturated carbocycles. The fourth-order valence-electron chi connectivity index (χ4n) is 3.29. The van der Waals surface area contributed by atoms with Gasteiger partial charge in [0.05, 0.1) is 22.3 Å². The predicted octanol–water partition coefficient (Wildman–Crippen LogP) is 3.81. The SMILES string of the molecule is CCn1c(Cc2ccnn2-c2cc(F)ccc2F)nc2cc(C(=O)O)ccc21. The third-order valence-corrected chi connectivity index (χ3v) is 4.59. The third kappa shape index (κ3) is 3.02. The van der Waals surface area contributed by atoms with Crippen molar-refractivity contribution in [2.24, 2.45) is 0 Å². The summed E-state index contributed by atoms with van der Waals surface area (Å²) in [6.45, 7) is 2.58. The number of imidazole rings is 1. The summed E-state index contributed by atoms with van der Waals surface area (Å²) in [6, 6.07) is 9.71. The monoisotopic (exact) mass is 382 g/mol. The van der Waals surface area contributed by atoms with E-state index in [9.17, 15) is 18.7 Å². The molecule has 0 spiro atoms. The number of hydrogen-bond donors (Lipinski definition) is 1. The molecule has 0 bridgehead atoms. The van der Waals surface area contributed by atoms with Crippen molar-refractivity contribution < 1.29 is 18.7 Å². The van der Waals surface area contributed by atoms with Crippen molar-refractivity contribution in [2.45, 2.75) is 19.9 Å². The summed E-state index contributed by atoms with van der Waals surface area (Å²) < 4.78 is 31.1. The molecule has 0 saturated heterocycles.